The molecule has 1 heterocycles. The van der Waals surface area contributed by atoms with Crippen LogP contribution in [0.2, 0.25) is 0 Å². The van der Waals surface area contributed by atoms with Gasteiger partial charge in [0.05, 0.1) is 0 Å². The Morgan fingerprint density at radius 1 is 1.11 bits per heavy atom. The van der Waals surface area contributed by atoms with Gasteiger partial charge >= 0.3 is 5.97 Å². The highest BCUT2D eigenvalue weighted by Gasteiger charge is 2.35. The highest BCUT2D eigenvalue weighted by Crippen LogP contribution is 2.26. The van der Waals surface area contributed by atoms with E-state index < -0.39 is 58.6 Å². The molecule has 0 radical (unpaired) electrons. The zero-order valence-electron chi connectivity index (χ0n) is 20.4. The molecule has 1 fully saturated rings. The van der Waals surface area contributed by atoms with Crippen LogP contribution in [-0.2, 0) is 27.3 Å². The summed E-state index contributed by atoms with van der Waals surface area (Å²) in [6.07, 6.45) is -1.40. The molecule has 0 bridgehead atoms. The van der Waals surface area contributed by atoms with Crippen LogP contribution in [0, 0.1) is 23.3 Å². The van der Waals surface area contributed by atoms with Crippen LogP contribution in [0.4, 0.5) is 17.6 Å². The number of halogens is 4. The van der Waals surface area contributed by atoms with Gasteiger partial charge in [0, 0.05) is 49.0 Å². The summed E-state index contributed by atoms with van der Waals surface area (Å²) in [5.41, 5.74) is 5.91. The Hall–Kier alpha value is -3.32. The normalized spacial score (nSPS) is 16.7. The quantitative estimate of drug-likeness (QED) is 0.287. The molecule has 1 saturated heterocycles. The van der Waals surface area contributed by atoms with E-state index >= 15 is 0 Å². The topological polar surface area (TPSA) is 122 Å². The summed E-state index contributed by atoms with van der Waals surface area (Å²) >= 11 is 1.21. The van der Waals surface area contributed by atoms with Crippen LogP contribution in [0.15, 0.2) is 30.3 Å². The minimum Gasteiger partial charge on any atom is -0.479 e. The van der Waals surface area contributed by atoms with E-state index in [0.717, 1.165) is 6.07 Å². The SMILES string of the molecule is CCC(Oc1ccc(CNC(=O)C2SCCN2C(=O)C[C@H](N)Cc2cc(F)c(F)cc2F)c(F)c1)C(=O)O. The number of hydrogen-bond acceptors (Lipinski definition) is 6. The van der Waals surface area contributed by atoms with Gasteiger partial charge in [-0.15, -0.1) is 11.8 Å². The van der Waals surface area contributed by atoms with Gasteiger partial charge in [-0.2, -0.15) is 0 Å². The fraction of sp³-hybridized carbons (Fsp3) is 0.400. The van der Waals surface area contributed by atoms with Crippen LogP contribution < -0.4 is 15.8 Å². The van der Waals surface area contributed by atoms with Crippen molar-refractivity contribution >= 4 is 29.5 Å². The van der Waals surface area contributed by atoms with Crippen molar-refractivity contribution in [1.29, 1.82) is 0 Å². The van der Waals surface area contributed by atoms with Crippen LogP contribution in [0.1, 0.15) is 30.9 Å². The van der Waals surface area contributed by atoms with Gasteiger partial charge in [-0.3, -0.25) is 9.59 Å². The predicted octanol–water partition coefficient (Wildman–Crippen LogP) is 2.96. The standard InChI is InChI=1S/C25H27F4N3O5S/c1-2-21(25(35)36)37-16-4-3-13(17(26)10-16)12-31-23(34)24-32(5-6-38-24)22(33)9-15(30)7-14-8-19(28)20(29)11-18(14)27/h3-4,8,10-11,15,21,24H,2,5-7,9,12,30H2,1H3,(H,31,34)(H,35,36)/t15-,21?,24?/m1/s1. The third-order valence-electron chi connectivity index (χ3n) is 5.85. The number of benzene rings is 2. The molecule has 0 aliphatic carbocycles. The Labute approximate surface area is 220 Å². The Morgan fingerprint density at radius 3 is 2.45 bits per heavy atom. The van der Waals surface area contributed by atoms with E-state index in [1.165, 1.54) is 28.8 Å². The smallest absolute Gasteiger partial charge is 0.344 e. The van der Waals surface area contributed by atoms with Gasteiger partial charge in [0.15, 0.2) is 23.1 Å². The average molecular weight is 558 g/mol. The summed E-state index contributed by atoms with van der Waals surface area (Å²) in [5.74, 6) is -5.89. The molecule has 0 aromatic heterocycles. The Morgan fingerprint density at radius 2 is 1.79 bits per heavy atom. The van der Waals surface area contributed by atoms with Crippen molar-refractivity contribution < 1.29 is 41.8 Å². The zero-order valence-corrected chi connectivity index (χ0v) is 21.2. The molecular weight excluding hydrogens is 530 g/mol. The number of aliphatic carboxylic acids is 1. The first-order chi connectivity index (χ1) is 18.0. The number of carbonyl (C=O) groups is 3. The number of nitrogens with two attached hydrogens (primary N) is 1. The second-order valence-corrected chi connectivity index (χ2v) is 9.85. The second-order valence-electron chi connectivity index (χ2n) is 8.66. The molecule has 2 aromatic carbocycles. The molecule has 2 unspecified atom stereocenters. The largest absolute Gasteiger partial charge is 0.479 e. The summed E-state index contributed by atoms with van der Waals surface area (Å²) in [4.78, 5) is 38.0. The lowest BCUT2D eigenvalue weighted by molar-refractivity contribution is -0.145. The van der Waals surface area contributed by atoms with Gasteiger partial charge in [0.1, 0.15) is 17.4 Å². The van der Waals surface area contributed by atoms with Crippen LogP contribution >= 0.6 is 11.8 Å². The third kappa shape index (κ3) is 7.38. The van der Waals surface area contributed by atoms with E-state index in [1.54, 1.807) is 6.92 Å². The van der Waals surface area contributed by atoms with Crippen molar-refractivity contribution in [3.05, 3.63) is 64.7 Å². The summed E-state index contributed by atoms with van der Waals surface area (Å²) < 4.78 is 60.2. The fourth-order valence-corrected chi connectivity index (χ4v) is 5.01. The first kappa shape index (κ1) is 29.2. The first-order valence-corrected chi connectivity index (χ1v) is 12.8. The number of amides is 2. The van der Waals surface area contributed by atoms with Crippen LogP contribution in [-0.4, -0.2) is 57.6 Å². The molecule has 1 aliphatic heterocycles. The minimum absolute atomic E-state index is 0.0366. The summed E-state index contributed by atoms with van der Waals surface area (Å²) in [6, 6.07) is 4.00. The number of nitrogens with one attached hydrogen (secondary N) is 1. The monoisotopic (exact) mass is 557 g/mol. The summed E-state index contributed by atoms with van der Waals surface area (Å²) in [7, 11) is 0. The molecule has 206 valence electrons. The van der Waals surface area contributed by atoms with E-state index in [2.05, 4.69) is 5.32 Å². The number of carbonyl (C=O) groups excluding carboxylic acids is 2. The van der Waals surface area contributed by atoms with Gasteiger partial charge < -0.3 is 25.8 Å². The van der Waals surface area contributed by atoms with E-state index in [1.807, 2.05) is 0 Å². The van der Waals surface area contributed by atoms with Gasteiger partial charge in [-0.05, 0) is 30.5 Å². The number of hydrogen-bond donors (Lipinski definition) is 3. The molecule has 8 nitrogen and oxygen atoms in total. The van der Waals surface area contributed by atoms with Crippen molar-refractivity contribution in [1.82, 2.24) is 10.2 Å². The van der Waals surface area contributed by atoms with Crippen LogP contribution in [0.25, 0.3) is 0 Å². The Balaban J connectivity index is 1.55. The number of nitrogens with zero attached hydrogens (tertiary/aromatic N) is 1. The average Bonchev–Trinajstić information content (AvgIpc) is 3.35. The fourth-order valence-electron chi connectivity index (χ4n) is 3.85. The maximum absolute atomic E-state index is 14.5. The van der Waals surface area contributed by atoms with Crippen LogP contribution in [0.3, 0.4) is 0 Å². The molecule has 3 atom stereocenters. The number of ether oxygens (including phenoxy) is 1. The highest BCUT2D eigenvalue weighted by atomic mass is 32.2. The maximum atomic E-state index is 14.5. The second kappa shape index (κ2) is 13.0. The van der Waals surface area contributed by atoms with Crippen molar-refractivity contribution in [3.8, 4) is 5.75 Å². The highest BCUT2D eigenvalue weighted by molar-refractivity contribution is 8.00. The number of carboxylic acid groups (broad SMARTS) is 1. The molecule has 13 heteroatoms. The third-order valence-corrected chi connectivity index (χ3v) is 7.05. The van der Waals surface area contributed by atoms with Crippen molar-refractivity contribution in [2.45, 2.75) is 50.3 Å². The molecule has 3 rings (SSSR count). The van der Waals surface area contributed by atoms with E-state index in [0.29, 0.717) is 17.9 Å². The molecule has 4 N–H and O–H groups in total. The van der Waals surface area contributed by atoms with Gasteiger partial charge in [0.2, 0.25) is 5.91 Å². The van der Waals surface area contributed by atoms with Crippen molar-refractivity contribution in [2.75, 3.05) is 12.3 Å². The van der Waals surface area contributed by atoms with Crippen molar-refractivity contribution in [3.63, 3.8) is 0 Å². The molecular formula is C25H27F4N3O5S. The summed E-state index contributed by atoms with van der Waals surface area (Å²) in [6.45, 7) is 1.69. The lowest BCUT2D eigenvalue weighted by Gasteiger charge is -2.24. The van der Waals surface area contributed by atoms with Gasteiger partial charge in [0.25, 0.3) is 5.91 Å². The molecule has 0 saturated carbocycles. The lowest BCUT2D eigenvalue weighted by atomic mass is 10.0. The molecule has 2 aromatic rings. The van der Waals surface area contributed by atoms with E-state index in [-0.39, 0.29) is 49.2 Å². The number of carboxylic acids is 1. The van der Waals surface area contributed by atoms with E-state index in [9.17, 15) is 31.9 Å². The molecule has 0 spiro atoms. The van der Waals surface area contributed by atoms with Crippen LogP contribution in [0.5, 0.6) is 5.75 Å². The zero-order chi connectivity index (χ0) is 28.0. The van der Waals surface area contributed by atoms with Gasteiger partial charge in [-0.25, -0.2) is 22.4 Å². The molecule has 1 aliphatic rings. The lowest BCUT2D eigenvalue weighted by Crippen LogP contribution is -2.46. The molecule has 2 amide bonds. The number of rotatable bonds is 11. The Kier molecular flexibility index (Phi) is 9.97. The summed E-state index contributed by atoms with van der Waals surface area (Å²) in [5, 5.41) is 10.8. The maximum Gasteiger partial charge on any atom is 0.344 e. The van der Waals surface area contributed by atoms with E-state index in [4.69, 9.17) is 15.6 Å². The Bertz CT molecular complexity index is 1200. The molecule has 38 heavy (non-hydrogen) atoms. The van der Waals surface area contributed by atoms with Crippen molar-refractivity contribution in [2.24, 2.45) is 5.73 Å². The van der Waals surface area contributed by atoms with Gasteiger partial charge in [-0.1, -0.05) is 13.0 Å². The minimum atomic E-state index is -1.33. The number of thioether (sulfide) groups is 1. The predicted molar refractivity (Wildman–Crippen MR) is 131 cm³/mol. The first-order valence-electron chi connectivity index (χ1n) is 11.8.